The Morgan fingerprint density at radius 3 is 2.75 bits per heavy atom. The number of aromatic nitrogens is 1. The summed E-state index contributed by atoms with van der Waals surface area (Å²) < 4.78 is 0. The molecule has 0 atom stereocenters. The molecular weight excluding hydrogens is 270 g/mol. The molecule has 0 radical (unpaired) electrons. The van der Waals surface area contributed by atoms with Crippen LogP contribution in [0.2, 0.25) is 0 Å². The maximum atomic E-state index is 11.7. The van der Waals surface area contributed by atoms with Crippen molar-refractivity contribution in [3.63, 3.8) is 0 Å². The van der Waals surface area contributed by atoms with Crippen molar-refractivity contribution in [2.75, 3.05) is 18.4 Å². The SMILES string of the molecule is Cc1csc(NC(=O)CCNCCc2ccccc2)n1. The van der Waals surface area contributed by atoms with Gasteiger partial charge in [-0.15, -0.1) is 11.3 Å². The summed E-state index contributed by atoms with van der Waals surface area (Å²) in [6, 6.07) is 10.3. The number of hydrogen-bond acceptors (Lipinski definition) is 4. The van der Waals surface area contributed by atoms with Crippen molar-refractivity contribution >= 4 is 22.4 Å². The van der Waals surface area contributed by atoms with Gasteiger partial charge in [-0.1, -0.05) is 30.3 Å². The number of anilines is 1. The Bertz CT molecular complexity index is 539. The highest BCUT2D eigenvalue weighted by Gasteiger charge is 2.04. The normalized spacial score (nSPS) is 10.4. The Labute approximate surface area is 123 Å². The van der Waals surface area contributed by atoms with Crippen LogP contribution in [0.4, 0.5) is 5.13 Å². The van der Waals surface area contributed by atoms with Crippen LogP contribution in [-0.2, 0) is 11.2 Å². The highest BCUT2D eigenvalue weighted by atomic mass is 32.1. The van der Waals surface area contributed by atoms with E-state index in [9.17, 15) is 4.79 Å². The quantitative estimate of drug-likeness (QED) is 0.770. The second kappa shape index (κ2) is 7.77. The first-order valence-electron chi connectivity index (χ1n) is 6.70. The molecular formula is C15H19N3OS. The highest BCUT2D eigenvalue weighted by molar-refractivity contribution is 7.13. The molecule has 1 amide bonds. The number of rotatable bonds is 7. The first kappa shape index (κ1) is 14.7. The van der Waals surface area contributed by atoms with Gasteiger partial charge in [0.25, 0.3) is 0 Å². The smallest absolute Gasteiger partial charge is 0.227 e. The molecule has 5 heteroatoms. The Balaban J connectivity index is 1.58. The Kier molecular flexibility index (Phi) is 5.70. The maximum Gasteiger partial charge on any atom is 0.227 e. The van der Waals surface area contributed by atoms with Crippen LogP contribution in [-0.4, -0.2) is 24.0 Å². The van der Waals surface area contributed by atoms with E-state index in [1.54, 1.807) is 0 Å². The minimum absolute atomic E-state index is 0.00608. The van der Waals surface area contributed by atoms with Crippen LogP contribution >= 0.6 is 11.3 Å². The average molecular weight is 289 g/mol. The number of thiazole rings is 1. The molecule has 0 bridgehead atoms. The van der Waals surface area contributed by atoms with E-state index in [1.165, 1.54) is 16.9 Å². The molecule has 0 fully saturated rings. The third-order valence-corrected chi connectivity index (χ3v) is 3.70. The van der Waals surface area contributed by atoms with E-state index in [0.29, 0.717) is 18.1 Å². The number of aryl methyl sites for hydroxylation is 1. The van der Waals surface area contributed by atoms with Gasteiger partial charge in [0.2, 0.25) is 5.91 Å². The molecule has 106 valence electrons. The zero-order valence-corrected chi connectivity index (χ0v) is 12.4. The summed E-state index contributed by atoms with van der Waals surface area (Å²) in [6.45, 7) is 3.48. The van der Waals surface area contributed by atoms with Gasteiger partial charge in [-0.25, -0.2) is 4.98 Å². The van der Waals surface area contributed by atoms with Crippen molar-refractivity contribution < 1.29 is 4.79 Å². The van der Waals surface area contributed by atoms with Crippen LogP contribution in [0.15, 0.2) is 35.7 Å². The molecule has 0 saturated heterocycles. The maximum absolute atomic E-state index is 11.7. The molecule has 0 spiro atoms. The Hall–Kier alpha value is -1.72. The number of carbonyl (C=O) groups is 1. The lowest BCUT2D eigenvalue weighted by Gasteiger charge is -2.05. The van der Waals surface area contributed by atoms with Crippen LogP contribution in [0.3, 0.4) is 0 Å². The second-order valence-corrected chi connectivity index (χ2v) is 5.44. The standard InChI is InChI=1S/C15H19N3OS/c1-12-11-20-15(17-12)18-14(19)8-10-16-9-7-13-5-3-2-4-6-13/h2-6,11,16H,7-10H2,1H3,(H,17,18,19). The summed E-state index contributed by atoms with van der Waals surface area (Å²) >= 11 is 1.46. The molecule has 1 aromatic carbocycles. The topological polar surface area (TPSA) is 54.0 Å². The van der Waals surface area contributed by atoms with E-state index in [2.05, 4.69) is 27.8 Å². The lowest BCUT2D eigenvalue weighted by molar-refractivity contribution is -0.116. The molecule has 2 N–H and O–H groups in total. The Morgan fingerprint density at radius 1 is 1.25 bits per heavy atom. The van der Waals surface area contributed by atoms with Gasteiger partial charge in [-0.3, -0.25) is 4.79 Å². The monoisotopic (exact) mass is 289 g/mol. The summed E-state index contributed by atoms with van der Waals surface area (Å²) in [4.78, 5) is 15.9. The number of carbonyl (C=O) groups excluding carboxylic acids is 1. The summed E-state index contributed by atoms with van der Waals surface area (Å²) in [5.41, 5.74) is 2.24. The van der Waals surface area contributed by atoms with Crippen LogP contribution in [0, 0.1) is 6.92 Å². The van der Waals surface area contributed by atoms with Gasteiger partial charge >= 0.3 is 0 Å². The van der Waals surface area contributed by atoms with E-state index in [1.807, 2.05) is 30.5 Å². The molecule has 0 aliphatic rings. The van der Waals surface area contributed by atoms with Crippen molar-refractivity contribution in [2.24, 2.45) is 0 Å². The number of nitrogens with zero attached hydrogens (tertiary/aromatic N) is 1. The fraction of sp³-hybridized carbons (Fsp3) is 0.333. The molecule has 2 rings (SSSR count). The van der Waals surface area contributed by atoms with E-state index in [0.717, 1.165) is 18.7 Å². The zero-order chi connectivity index (χ0) is 14.2. The van der Waals surface area contributed by atoms with Gasteiger partial charge in [-0.05, 0) is 25.5 Å². The molecule has 2 aromatic rings. The van der Waals surface area contributed by atoms with E-state index < -0.39 is 0 Å². The van der Waals surface area contributed by atoms with Crippen molar-refractivity contribution in [3.05, 3.63) is 47.0 Å². The summed E-state index contributed by atoms with van der Waals surface area (Å²) in [6.07, 6.45) is 1.45. The van der Waals surface area contributed by atoms with Gasteiger partial charge in [0.1, 0.15) is 0 Å². The molecule has 1 heterocycles. The van der Waals surface area contributed by atoms with Crippen molar-refractivity contribution in [2.45, 2.75) is 19.8 Å². The third kappa shape index (κ3) is 5.11. The van der Waals surface area contributed by atoms with Crippen LogP contribution < -0.4 is 10.6 Å². The van der Waals surface area contributed by atoms with Gasteiger partial charge in [-0.2, -0.15) is 0 Å². The van der Waals surface area contributed by atoms with Crippen molar-refractivity contribution in [1.82, 2.24) is 10.3 Å². The minimum Gasteiger partial charge on any atom is -0.316 e. The summed E-state index contributed by atoms with van der Waals surface area (Å²) in [5.74, 6) is 0.00608. The Morgan fingerprint density at radius 2 is 2.05 bits per heavy atom. The van der Waals surface area contributed by atoms with Gasteiger partial charge in [0.15, 0.2) is 5.13 Å². The molecule has 4 nitrogen and oxygen atoms in total. The second-order valence-electron chi connectivity index (χ2n) is 4.58. The molecule has 0 saturated carbocycles. The molecule has 1 aromatic heterocycles. The number of nitrogens with one attached hydrogen (secondary N) is 2. The third-order valence-electron chi connectivity index (χ3n) is 2.83. The molecule has 0 unspecified atom stereocenters. The molecule has 20 heavy (non-hydrogen) atoms. The first-order chi connectivity index (χ1) is 9.74. The lowest BCUT2D eigenvalue weighted by atomic mass is 10.1. The first-order valence-corrected chi connectivity index (χ1v) is 7.58. The van der Waals surface area contributed by atoms with Crippen LogP contribution in [0.1, 0.15) is 17.7 Å². The zero-order valence-electron chi connectivity index (χ0n) is 11.6. The highest BCUT2D eigenvalue weighted by Crippen LogP contribution is 2.14. The van der Waals surface area contributed by atoms with Gasteiger partial charge in [0, 0.05) is 18.3 Å². The largest absolute Gasteiger partial charge is 0.316 e. The lowest BCUT2D eigenvalue weighted by Crippen LogP contribution is -2.23. The molecule has 0 aliphatic heterocycles. The molecule has 0 aliphatic carbocycles. The predicted octanol–water partition coefficient (Wildman–Crippen LogP) is 2.61. The predicted molar refractivity (Wildman–Crippen MR) is 83.1 cm³/mol. The average Bonchev–Trinajstić information content (AvgIpc) is 2.85. The minimum atomic E-state index is 0.00608. The summed E-state index contributed by atoms with van der Waals surface area (Å²) in [5, 5.41) is 8.68. The summed E-state index contributed by atoms with van der Waals surface area (Å²) in [7, 11) is 0. The van der Waals surface area contributed by atoms with E-state index in [4.69, 9.17) is 0 Å². The van der Waals surface area contributed by atoms with Crippen LogP contribution in [0.5, 0.6) is 0 Å². The van der Waals surface area contributed by atoms with E-state index in [-0.39, 0.29) is 5.91 Å². The van der Waals surface area contributed by atoms with Crippen LogP contribution in [0.25, 0.3) is 0 Å². The van der Waals surface area contributed by atoms with Gasteiger partial charge in [0.05, 0.1) is 5.69 Å². The van der Waals surface area contributed by atoms with Crippen molar-refractivity contribution in [1.29, 1.82) is 0 Å². The number of benzene rings is 1. The fourth-order valence-electron chi connectivity index (χ4n) is 1.80. The number of hydrogen-bond donors (Lipinski definition) is 2. The van der Waals surface area contributed by atoms with Gasteiger partial charge < -0.3 is 10.6 Å². The van der Waals surface area contributed by atoms with Crippen molar-refractivity contribution in [3.8, 4) is 0 Å². The fourth-order valence-corrected chi connectivity index (χ4v) is 2.50. The number of amides is 1. The van der Waals surface area contributed by atoms with E-state index >= 15 is 0 Å².